The molecule has 0 aliphatic heterocycles. The van der Waals surface area contributed by atoms with E-state index in [2.05, 4.69) is 11.7 Å². The van der Waals surface area contributed by atoms with Crippen LogP contribution in [0.5, 0.6) is 0 Å². The van der Waals surface area contributed by atoms with Gasteiger partial charge >= 0.3 is 35.5 Å². The van der Waals surface area contributed by atoms with Crippen LogP contribution in [0.1, 0.15) is 64.7 Å². The van der Waals surface area contributed by atoms with Gasteiger partial charge in [-0.1, -0.05) is 58.3 Å². The molecule has 0 aromatic heterocycles. The molecule has 110 valence electrons. The molecule has 0 spiro atoms. The first-order chi connectivity index (χ1) is 8.63. The van der Waals surface area contributed by atoms with E-state index >= 15 is 0 Å². The van der Waals surface area contributed by atoms with E-state index in [4.69, 9.17) is 0 Å². The quantitative estimate of drug-likeness (QED) is 0.274. The molecule has 0 heterocycles. The topological polar surface area (TPSA) is 60.4 Å². The fourth-order valence-corrected chi connectivity index (χ4v) is 2.59. The van der Waals surface area contributed by atoms with Crippen molar-refractivity contribution in [3.8, 4) is 0 Å². The van der Waals surface area contributed by atoms with Crippen molar-refractivity contribution in [2.45, 2.75) is 70.0 Å². The molecule has 0 aliphatic rings. The van der Waals surface area contributed by atoms with Gasteiger partial charge in [-0.05, 0) is 6.42 Å². The Kier molecular flexibility index (Phi) is 16.9. The van der Waals surface area contributed by atoms with E-state index in [0.29, 0.717) is 6.42 Å². The second kappa shape index (κ2) is 14.8. The van der Waals surface area contributed by atoms with E-state index in [-0.39, 0.29) is 29.6 Å². The molecule has 0 bridgehead atoms. The van der Waals surface area contributed by atoms with Gasteiger partial charge in [0.05, 0.1) is 7.11 Å². The van der Waals surface area contributed by atoms with Gasteiger partial charge in [-0.3, -0.25) is 4.79 Å². The molecule has 0 rings (SSSR count). The number of rotatable bonds is 11. The zero-order chi connectivity index (χ0) is 13.8. The molecule has 0 fully saturated rings. The molecular weight excluding hydrogens is 275 g/mol. The number of thiol groups is 1. The first-order valence-electron chi connectivity index (χ1n) is 6.84. The van der Waals surface area contributed by atoms with Gasteiger partial charge in [0.25, 0.3) is 0 Å². The molecule has 0 aromatic rings. The Balaban J connectivity index is 0. The van der Waals surface area contributed by atoms with Gasteiger partial charge < -0.3 is 4.74 Å². The van der Waals surface area contributed by atoms with Gasteiger partial charge in [0.15, 0.2) is 16.0 Å². The standard InChI is InChI=1S/C13H26O4S.Na.H/c1-3-4-5-6-7-8-9-10-11-12(18(15)16)13(14)17-2;;/h12,18H,3-11H2,1-2H3;;. The number of carbonyl (C=O) groups excluding carboxylic acids is 1. The number of hydrogen-bond donors (Lipinski definition) is 1. The first kappa shape index (κ1) is 21.7. The molecule has 4 nitrogen and oxygen atoms in total. The number of esters is 1. The Bertz CT molecular complexity index is 284. The van der Waals surface area contributed by atoms with Crippen molar-refractivity contribution in [1.29, 1.82) is 0 Å². The van der Waals surface area contributed by atoms with Crippen LogP contribution in [-0.2, 0) is 20.2 Å². The zero-order valence-corrected chi connectivity index (χ0v) is 12.4. The van der Waals surface area contributed by atoms with Crippen molar-refractivity contribution in [3.63, 3.8) is 0 Å². The van der Waals surface area contributed by atoms with Crippen LogP contribution in [0.3, 0.4) is 0 Å². The minimum atomic E-state index is -2.72. The summed E-state index contributed by atoms with van der Waals surface area (Å²) in [5.41, 5.74) is 0. The van der Waals surface area contributed by atoms with E-state index in [9.17, 15) is 13.2 Å². The number of carbonyl (C=O) groups is 1. The monoisotopic (exact) mass is 302 g/mol. The maximum absolute atomic E-state index is 11.2. The average molecular weight is 302 g/mol. The van der Waals surface area contributed by atoms with Crippen molar-refractivity contribution in [1.82, 2.24) is 0 Å². The summed E-state index contributed by atoms with van der Waals surface area (Å²) in [4.78, 5) is 11.2. The van der Waals surface area contributed by atoms with Crippen molar-refractivity contribution in [2.24, 2.45) is 0 Å². The number of ether oxygens (including phenoxy) is 1. The average Bonchev–Trinajstić information content (AvgIpc) is 2.35. The number of methoxy groups -OCH3 is 1. The van der Waals surface area contributed by atoms with Crippen molar-refractivity contribution < 1.29 is 17.9 Å². The predicted octanol–water partition coefficient (Wildman–Crippen LogP) is 2.02. The van der Waals surface area contributed by atoms with Gasteiger partial charge in [0.2, 0.25) is 0 Å². The molecule has 0 aliphatic carbocycles. The van der Waals surface area contributed by atoms with Crippen LogP contribution < -0.4 is 0 Å². The number of hydrogen-bond acceptors (Lipinski definition) is 4. The van der Waals surface area contributed by atoms with Gasteiger partial charge in [0.1, 0.15) is 0 Å². The molecule has 1 unspecified atom stereocenters. The Morgan fingerprint density at radius 1 is 1.00 bits per heavy atom. The molecular formula is C13H27NaO4S. The summed E-state index contributed by atoms with van der Waals surface area (Å²) >= 11 is 0. The summed E-state index contributed by atoms with van der Waals surface area (Å²) < 4.78 is 26.2. The summed E-state index contributed by atoms with van der Waals surface area (Å²) in [6.07, 6.45) is 9.55. The first-order valence-corrected chi connectivity index (χ1v) is 8.09. The van der Waals surface area contributed by atoms with E-state index in [1.807, 2.05) is 0 Å². The van der Waals surface area contributed by atoms with Gasteiger partial charge in [-0.15, -0.1) is 0 Å². The minimum absolute atomic E-state index is 0. The van der Waals surface area contributed by atoms with Gasteiger partial charge in [-0.2, -0.15) is 0 Å². The van der Waals surface area contributed by atoms with Crippen molar-refractivity contribution in [2.75, 3.05) is 7.11 Å². The van der Waals surface area contributed by atoms with Crippen LogP contribution >= 0.6 is 0 Å². The number of unbranched alkanes of at least 4 members (excludes halogenated alkanes) is 7. The molecule has 19 heavy (non-hydrogen) atoms. The normalized spacial score (nSPS) is 11.9. The molecule has 0 saturated carbocycles. The molecule has 0 amide bonds. The zero-order valence-electron chi connectivity index (χ0n) is 11.5. The Labute approximate surface area is 140 Å². The van der Waals surface area contributed by atoms with E-state index < -0.39 is 21.9 Å². The predicted molar refractivity (Wildman–Crippen MR) is 80.5 cm³/mol. The third-order valence-electron chi connectivity index (χ3n) is 3.06. The summed E-state index contributed by atoms with van der Waals surface area (Å²) in [7, 11) is -1.49. The van der Waals surface area contributed by atoms with Gasteiger partial charge in [-0.25, -0.2) is 8.42 Å². The van der Waals surface area contributed by atoms with Crippen LogP contribution in [0.15, 0.2) is 0 Å². The molecule has 1 atom stereocenters. The molecule has 0 radical (unpaired) electrons. The SMILES string of the molecule is CCCCCCCCCCC(C(=O)OC)[SH](=O)=O.[NaH]. The van der Waals surface area contributed by atoms with Crippen LogP contribution in [0.4, 0.5) is 0 Å². The van der Waals surface area contributed by atoms with Crippen LogP contribution in [-0.4, -0.2) is 56.3 Å². The van der Waals surface area contributed by atoms with Gasteiger partial charge in [0, 0.05) is 0 Å². The Morgan fingerprint density at radius 2 is 1.47 bits per heavy atom. The Morgan fingerprint density at radius 3 is 1.89 bits per heavy atom. The van der Waals surface area contributed by atoms with E-state index in [0.717, 1.165) is 19.3 Å². The molecule has 0 saturated heterocycles. The molecule has 0 aromatic carbocycles. The molecule has 6 heteroatoms. The maximum atomic E-state index is 11.2. The van der Waals surface area contributed by atoms with Crippen molar-refractivity contribution >= 4 is 46.2 Å². The fourth-order valence-electron chi connectivity index (χ4n) is 1.92. The van der Waals surface area contributed by atoms with Crippen LogP contribution in [0.2, 0.25) is 0 Å². The van der Waals surface area contributed by atoms with E-state index in [1.54, 1.807) is 0 Å². The summed E-state index contributed by atoms with van der Waals surface area (Å²) in [6, 6.07) is 0. The summed E-state index contributed by atoms with van der Waals surface area (Å²) in [6.45, 7) is 2.19. The van der Waals surface area contributed by atoms with E-state index in [1.165, 1.54) is 39.2 Å². The third-order valence-corrected chi connectivity index (χ3v) is 4.04. The Hall–Kier alpha value is 0.420. The third kappa shape index (κ3) is 11.9. The van der Waals surface area contributed by atoms with Crippen molar-refractivity contribution in [3.05, 3.63) is 0 Å². The summed E-state index contributed by atoms with van der Waals surface area (Å²) in [5, 5.41) is -0.954. The second-order valence-electron chi connectivity index (χ2n) is 4.59. The second-order valence-corrected chi connectivity index (χ2v) is 5.78. The van der Waals surface area contributed by atoms with Crippen LogP contribution in [0.25, 0.3) is 0 Å². The van der Waals surface area contributed by atoms with Crippen LogP contribution in [0, 0.1) is 0 Å². The molecule has 0 N–H and O–H groups in total. The summed E-state index contributed by atoms with van der Waals surface area (Å²) in [5.74, 6) is -0.631. The fraction of sp³-hybridized carbons (Fsp3) is 0.923.